The molecule has 0 saturated carbocycles. The number of rotatable bonds is 7. The van der Waals surface area contributed by atoms with Gasteiger partial charge in [0, 0.05) is 19.3 Å². The number of imidazole rings is 1. The van der Waals surface area contributed by atoms with Crippen LogP contribution in [0.1, 0.15) is 35.9 Å². The third-order valence-corrected chi connectivity index (χ3v) is 3.34. The Morgan fingerprint density at radius 2 is 2.24 bits per heavy atom. The molecule has 0 bridgehead atoms. The van der Waals surface area contributed by atoms with Crippen LogP contribution >= 0.6 is 0 Å². The topological polar surface area (TPSA) is 100 Å². The van der Waals surface area contributed by atoms with Crippen molar-refractivity contribution in [2.24, 2.45) is 0 Å². The maximum Gasteiger partial charge on any atom is 0.339 e. The predicted molar refractivity (Wildman–Crippen MR) is 79.7 cm³/mol. The Balaban J connectivity index is 2.55. The van der Waals surface area contributed by atoms with E-state index < -0.39 is 5.97 Å². The van der Waals surface area contributed by atoms with Gasteiger partial charge >= 0.3 is 5.97 Å². The summed E-state index contributed by atoms with van der Waals surface area (Å²) in [7, 11) is 0. The number of nitrogens with zero attached hydrogens (tertiary/aromatic N) is 3. The molecule has 0 radical (unpaired) electrons. The number of pyridine rings is 1. The van der Waals surface area contributed by atoms with Crippen LogP contribution in [0.5, 0.6) is 0 Å². The molecule has 0 fully saturated rings. The van der Waals surface area contributed by atoms with E-state index in [1.165, 1.54) is 6.20 Å². The number of aryl methyl sites for hydroxylation is 1. The van der Waals surface area contributed by atoms with Gasteiger partial charge in [-0.1, -0.05) is 13.3 Å². The molecular weight excluding hydrogens is 272 g/mol. The zero-order valence-electron chi connectivity index (χ0n) is 12.3. The molecule has 21 heavy (non-hydrogen) atoms. The molecule has 2 rings (SSSR count). The Morgan fingerprint density at radius 1 is 1.48 bits per heavy atom. The van der Waals surface area contributed by atoms with Crippen LogP contribution in [-0.2, 0) is 6.54 Å². The molecule has 0 aromatic carbocycles. The number of carboxylic acids is 1. The van der Waals surface area contributed by atoms with Crippen LogP contribution in [0.2, 0.25) is 0 Å². The van der Waals surface area contributed by atoms with E-state index in [9.17, 15) is 9.90 Å². The van der Waals surface area contributed by atoms with Crippen molar-refractivity contribution in [3.63, 3.8) is 0 Å². The van der Waals surface area contributed by atoms with Gasteiger partial charge in [-0.25, -0.2) is 14.8 Å². The van der Waals surface area contributed by atoms with Gasteiger partial charge in [0.25, 0.3) is 0 Å². The fourth-order valence-electron chi connectivity index (χ4n) is 2.27. The highest BCUT2D eigenvalue weighted by Crippen LogP contribution is 2.26. The Morgan fingerprint density at radius 3 is 2.86 bits per heavy atom. The fourth-order valence-corrected chi connectivity index (χ4v) is 2.27. The standard InChI is InChI=1S/C14H20N4O3/c1-3-4-5-15-11-10(14(20)21)8-16-13-12(11)17-9(2)18(13)6-7-19/h8,19H,3-7H2,1-2H3,(H,15,16)(H,20,21). The lowest BCUT2D eigenvalue weighted by Gasteiger charge is -2.10. The van der Waals surface area contributed by atoms with E-state index in [2.05, 4.69) is 22.2 Å². The number of aromatic nitrogens is 3. The van der Waals surface area contributed by atoms with Crippen molar-refractivity contribution in [2.75, 3.05) is 18.5 Å². The molecule has 0 aliphatic carbocycles. The van der Waals surface area contributed by atoms with E-state index in [1.54, 1.807) is 4.57 Å². The monoisotopic (exact) mass is 292 g/mol. The van der Waals surface area contributed by atoms with Gasteiger partial charge < -0.3 is 20.1 Å². The smallest absolute Gasteiger partial charge is 0.339 e. The maximum atomic E-state index is 11.4. The van der Waals surface area contributed by atoms with Crippen molar-refractivity contribution in [1.29, 1.82) is 0 Å². The molecule has 2 heterocycles. The number of aliphatic hydroxyl groups is 1. The lowest BCUT2D eigenvalue weighted by molar-refractivity contribution is 0.0697. The van der Waals surface area contributed by atoms with Crippen LogP contribution in [-0.4, -0.2) is 43.9 Å². The van der Waals surface area contributed by atoms with Crippen molar-refractivity contribution in [3.05, 3.63) is 17.6 Å². The fraction of sp³-hybridized carbons (Fsp3) is 0.500. The van der Waals surface area contributed by atoms with E-state index in [1.807, 2.05) is 6.92 Å². The minimum absolute atomic E-state index is 0.0206. The first-order chi connectivity index (χ1) is 10.1. The van der Waals surface area contributed by atoms with Crippen molar-refractivity contribution >= 4 is 22.8 Å². The van der Waals surface area contributed by atoms with Gasteiger partial charge in [0.05, 0.1) is 12.3 Å². The van der Waals surface area contributed by atoms with E-state index in [4.69, 9.17) is 5.11 Å². The zero-order chi connectivity index (χ0) is 15.4. The van der Waals surface area contributed by atoms with Gasteiger partial charge in [0.1, 0.15) is 16.9 Å². The third kappa shape index (κ3) is 2.97. The summed E-state index contributed by atoms with van der Waals surface area (Å²) in [5.41, 5.74) is 1.75. The Bertz CT molecular complexity index is 651. The van der Waals surface area contributed by atoms with Crippen molar-refractivity contribution in [1.82, 2.24) is 14.5 Å². The molecule has 0 amide bonds. The second-order valence-corrected chi connectivity index (χ2v) is 4.84. The molecule has 114 valence electrons. The molecule has 2 aromatic heterocycles. The molecule has 0 spiro atoms. The van der Waals surface area contributed by atoms with E-state index in [-0.39, 0.29) is 12.2 Å². The van der Waals surface area contributed by atoms with Crippen LogP contribution in [0.4, 0.5) is 5.69 Å². The summed E-state index contributed by atoms with van der Waals surface area (Å²) in [6.45, 7) is 4.93. The van der Waals surface area contributed by atoms with Gasteiger partial charge in [-0.3, -0.25) is 0 Å². The van der Waals surface area contributed by atoms with Crippen LogP contribution < -0.4 is 5.32 Å². The average Bonchev–Trinajstić information content (AvgIpc) is 2.76. The van der Waals surface area contributed by atoms with Crippen LogP contribution in [0.25, 0.3) is 11.2 Å². The Kier molecular flexibility index (Phi) is 4.74. The summed E-state index contributed by atoms with van der Waals surface area (Å²) in [6, 6.07) is 0. The lowest BCUT2D eigenvalue weighted by Crippen LogP contribution is -2.10. The van der Waals surface area contributed by atoms with Crippen LogP contribution in [0.3, 0.4) is 0 Å². The van der Waals surface area contributed by atoms with E-state index in [0.717, 1.165) is 12.8 Å². The molecule has 3 N–H and O–H groups in total. The highest BCUT2D eigenvalue weighted by atomic mass is 16.4. The first-order valence-electron chi connectivity index (χ1n) is 7.04. The first kappa shape index (κ1) is 15.2. The van der Waals surface area contributed by atoms with Crippen LogP contribution in [0.15, 0.2) is 6.20 Å². The largest absolute Gasteiger partial charge is 0.478 e. The molecule has 7 nitrogen and oxygen atoms in total. The number of unbranched alkanes of at least 4 members (excludes halogenated alkanes) is 1. The number of anilines is 1. The Hall–Kier alpha value is -2.15. The lowest BCUT2D eigenvalue weighted by atomic mass is 10.2. The quantitative estimate of drug-likeness (QED) is 0.671. The highest BCUT2D eigenvalue weighted by Gasteiger charge is 2.19. The van der Waals surface area contributed by atoms with Crippen molar-refractivity contribution < 1.29 is 15.0 Å². The number of carbonyl (C=O) groups is 1. The van der Waals surface area contributed by atoms with E-state index in [0.29, 0.717) is 35.8 Å². The zero-order valence-corrected chi connectivity index (χ0v) is 12.3. The van der Waals surface area contributed by atoms with Gasteiger partial charge in [0.2, 0.25) is 0 Å². The average molecular weight is 292 g/mol. The summed E-state index contributed by atoms with van der Waals surface area (Å²) < 4.78 is 1.78. The van der Waals surface area contributed by atoms with E-state index >= 15 is 0 Å². The molecule has 7 heteroatoms. The number of nitrogens with one attached hydrogen (secondary N) is 1. The van der Waals surface area contributed by atoms with Gasteiger partial charge in [-0.05, 0) is 13.3 Å². The molecular formula is C14H20N4O3. The van der Waals surface area contributed by atoms with Crippen molar-refractivity contribution in [2.45, 2.75) is 33.2 Å². The number of hydrogen-bond donors (Lipinski definition) is 3. The summed E-state index contributed by atoms with van der Waals surface area (Å²) in [4.78, 5) is 20.0. The summed E-state index contributed by atoms with van der Waals surface area (Å²) in [5.74, 6) is -0.328. The third-order valence-electron chi connectivity index (χ3n) is 3.34. The molecule has 2 aromatic rings. The summed E-state index contributed by atoms with van der Waals surface area (Å²) >= 11 is 0. The predicted octanol–water partition coefficient (Wildman–Crippen LogP) is 1.64. The second-order valence-electron chi connectivity index (χ2n) is 4.84. The number of hydrogen-bond acceptors (Lipinski definition) is 5. The number of fused-ring (bicyclic) bond motifs is 1. The molecule has 0 unspecified atom stereocenters. The SMILES string of the molecule is CCCCNc1c(C(=O)O)cnc2c1nc(C)n2CCO. The molecule has 0 aliphatic heterocycles. The van der Waals surface area contributed by atoms with Gasteiger partial charge in [-0.2, -0.15) is 0 Å². The minimum Gasteiger partial charge on any atom is -0.478 e. The molecule has 0 saturated heterocycles. The number of carboxylic acid groups (broad SMARTS) is 1. The normalized spacial score (nSPS) is 11.0. The van der Waals surface area contributed by atoms with Crippen molar-refractivity contribution in [3.8, 4) is 0 Å². The van der Waals surface area contributed by atoms with Gasteiger partial charge in [-0.15, -0.1) is 0 Å². The highest BCUT2D eigenvalue weighted by molar-refractivity contribution is 6.02. The minimum atomic E-state index is -1.03. The second kappa shape index (κ2) is 6.53. The molecule has 0 aliphatic rings. The van der Waals surface area contributed by atoms with Crippen LogP contribution in [0, 0.1) is 6.92 Å². The summed E-state index contributed by atoms with van der Waals surface area (Å²) in [5, 5.41) is 21.6. The number of aromatic carboxylic acids is 1. The Labute approximate surface area is 122 Å². The summed E-state index contributed by atoms with van der Waals surface area (Å²) in [6.07, 6.45) is 3.30. The first-order valence-corrected chi connectivity index (χ1v) is 7.04. The van der Waals surface area contributed by atoms with Gasteiger partial charge in [0.15, 0.2) is 5.65 Å². The number of aliphatic hydroxyl groups excluding tert-OH is 1. The maximum absolute atomic E-state index is 11.4. The molecule has 0 atom stereocenters.